The molecule has 1 atom stereocenters. The van der Waals surface area contributed by atoms with Crippen LogP contribution in [0.15, 0.2) is 6.20 Å². The second-order valence-electron chi connectivity index (χ2n) is 3.46. The van der Waals surface area contributed by atoms with Crippen LogP contribution in [0.1, 0.15) is 6.42 Å². The van der Waals surface area contributed by atoms with Crippen LogP contribution < -0.4 is 15.4 Å². The average molecular weight is 212 g/mol. The number of halogens is 1. The number of hydrogen-bond donors (Lipinski definition) is 1. The highest BCUT2D eigenvalue weighted by atomic mass is 19.1. The Morgan fingerprint density at radius 1 is 1.67 bits per heavy atom. The van der Waals surface area contributed by atoms with Gasteiger partial charge in [0.2, 0.25) is 5.95 Å². The Kier molecular flexibility index (Phi) is 2.57. The molecule has 2 rings (SSSR count). The van der Waals surface area contributed by atoms with Gasteiger partial charge in [-0.2, -0.15) is 4.98 Å². The quantitative estimate of drug-likeness (QED) is 0.778. The van der Waals surface area contributed by atoms with Crippen molar-refractivity contribution in [1.82, 2.24) is 9.97 Å². The molecule has 1 aromatic rings. The number of anilines is 2. The van der Waals surface area contributed by atoms with Crippen molar-refractivity contribution in [2.45, 2.75) is 12.6 Å². The topological polar surface area (TPSA) is 64.3 Å². The van der Waals surface area contributed by atoms with Gasteiger partial charge in [0.15, 0.2) is 11.6 Å². The Morgan fingerprint density at radius 2 is 2.47 bits per heavy atom. The van der Waals surface area contributed by atoms with E-state index < -0.39 is 6.17 Å². The first-order chi connectivity index (χ1) is 7.20. The summed E-state index contributed by atoms with van der Waals surface area (Å²) in [5, 5.41) is 0. The Hall–Kier alpha value is -1.59. The minimum absolute atomic E-state index is 0.282. The second-order valence-corrected chi connectivity index (χ2v) is 3.46. The number of nitrogen functional groups attached to an aromatic ring is 1. The van der Waals surface area contributed by atoms with Gasteiger partial charge in [-0.3, -0.25) is 0 Å². The van der Waals surface area contributed by atoms with Crippen molar-refractivity contribution in [3.63, 3.8) is 0 Å². The molecule has 0 spiro atoms. The van der Waals surface area contributed by atoms with Gasteiger partial charge in [0.1, 0.15) is 6.17 Å². The van der Waals surface area contributed by atoms with Crippen LogP contribution in [0.2, 0.25) is 0 Å². The fourth-order valence-electron chi connectivity index (χ4n) is 1.58. The Labute approximate surface area is 87.1 Å². The van der Waals surface area contributed by atoms with E-state index in [4.69, 9.17) is 10.5 Å². The minimum atomic E-state index is -0.795. The highest BCUT2D eigenvalue weighted by Gasteiger charge is 2.24. The lowest BCUT2D eigenvalue weighted by molar-refractivity contribution is 0.364. The number of alkyl halides is 1. The molecule has 0 bridgehead atoms. The average Bonchev–Trinajstić information content (AvgIpc) is 2.65. The number of aromatic nitrogens is 2. The van der Waals surface area contributed by atoms with E-state index in [1.807, 2.05) is 0 Å². The van der Waals surface area contributed by atoms with Gasteiger partial charge >= 0.3 is 0 Å². The van der Waals surface area contributed by atoms with Gasteiger partial charge in [-0.1, -0.05) is 0 Å². The molecule has 5 nitrogen and oxygen atoms in total. The van der Waals surface area contributed by atoms with Gasteiger partial charge in [0, 0.05) is 6.54 Å². The molecule has 1 aliphatic heterocycles. The van der Waals surface area contributed by atoms with Crippen molar-refractivity contribution in [2.75, 3.05) is 30.8 Å². The predicted octanol–water partition coefficient (Wildman–Crippen LogP) is 0.616. The maximum atomic E-state index is 13.0. The summed E-state index contributed by atoms with van der Waals surface area (Å²) in [6, 6.07) is 0. The zero-order valence-corrected chi connectivity index (χ0v) is 8.48. The molecular formula is C9H13FN4O. The third-order valence-electron chi connectivity index (χ3n) is 2.40. The van der Waals surface area contributed by atoms with Crippen molar-refractivity contribution < 1.29 is 9.13 Å². The van der Waals surface area contributed by atoms with Crippen LogP contribution in [-0.4, -0.2) is 36.3 Å². The van der Waals surface area contributed by atoms with Gasteiger partial charge < -0.3 is 15.4 Å². The van der Waals surface area contributed by atoms with Crippen LogP contribution in [0.5, 0.6) is 5.75 Å². The van der Waals surface area contributed by atoms with Crippen LogP contribution in [0, 0.1) is 0 Å². The van der Waals surface area contributed by atoms with Crippen molar-refractivity contribution in [1.29, 1.82) is 0 Å². The molecule has 1 fully saturated rings. The standard InChI is InChI=1S/C9H13FN4O/c1-15-7-4-12-9(13-8(7)11)14-3-2-6(10)5-14/h4,6H,2-3,5H2,1H3,(H2,11,12,13)/t6-/m1/s1. The second kappa shape index (κ2) is 3.88. The number of ether oxygens (including phenoxy) is 1. The SMILES string of the molecule is COc1cnc(N2CC[C@@H](F)C2)nc1N. The molecular weight excluding hydrogens is 199 g/mol. The summed E-state index contributed by atoms with van der Waals surface area (Å²) in [6.07, 6.45) is 1.23. The molecule has 2 N–H and O–H groups in total. The van der Waals surface area contributed by atoms with Crippen LogP contribution in [0.4, 0.5) is 16.2 Å². The number of hydrogen-bond acceptors (Lipinski definition) is 5. The van der Waals surface area contributed by atoms with E-state index in [1.165, 1.54) is 13.3 Å². The lowest BCUT2D eigenvalue weighted by Crippen LogP contribution is -2.22. The highest BCUT2D eigenvalue weighted by Crippen LogP contribution is 2.23. The molecule has 0 amide bonds. The first-order valence-electron chi connectivity index (χ1n) is 4.76. The number of rotatable bonds is 2. The molecule has 0 aromatic carbocycles. The van der Waals surface area contributed by atoms with E-state index >= 15 is 0 Å². The van der Waals surface area contributed by atoms with Crippen molar-refractivity contribution in [2.24, 2.45) is 0 Å². The van der Waals surface area contributed by atoms with Crippen LogP contribution >= 0.6 is 0 Å². The maximum Gasteiger partial charge on any atom is 0.227 e. The van der Waals surface area contributed by atoms with Crippen molar-refractivity contribution in [3.05, 3.63) is 6.20 Å². The normalized spacial score (nSPS) is 20.7. The molecule has 1 aliphatic rings. The predicted molar refractivity (Wildman–Crippen MR) is 54.7 cm³/mol. The van der Waals surface area contributed by atoms with Crippen LogP contribution in [-0.2, 0) is 0 Å². The fourth-order valence-corrected chi connectivity index (χ4v) is 1.58. The first-order valence-corrected chi connectivity index (χ1v) is 4.76. The Balaban J connectivity index is 2.19. The van der Waals surface area contributed by atoms with Gasteiger partial charge in [-0.15, -0.1) is 0 Å². The molecule has 82 valence electrons. The molecule has 1 saturated heterocycles. The highest BCUT2D eigenvalue weighted by molar-refractivity contribution is 5.49. The van der Waals surface area contributed by atoms with E-state index in [2.05, 4.69) is 9.97 Å². The van der Waals surface area contributed by atoms with Gasteiger partial charge in [-0.25, -0.2) is 9.37 Å². The smallest absolute Gasteiger partial charge is 0.227 e. The molecule has 1 aromatic heterocycles. The minimum Gasteiger partial charge on any atom is -0.491 e. The zero-order valence-electron chi connectivity index (χ0n) is 8.48. The third kappa shape index (κ3) is 1.93. The summed E-state index contributed by atoms with van der Waals surface area (Å²) in [5.74, 6) is 1.19. The fraction of sp³-hybridized carbons (Fsp3) is 0.556. The van der Waals surface area contributed by atoms with Gasteiger partial charge in [-0.05, 0) is 6.42 Å². The van der Waals surface area contributed by atoms with E-state index in [1.54, 1.807) is 4.90 Å². The molecule has 0 unspecified atom stereocenters. The zero-order chi connectivity index (χ0) is 10.8. The van der Waals surface area contributed by atoms with Crippen molar-refractivity contribution >= 4 is 11.8 Å². The van der Waals surface area contributed by atoms with E-state index in [9.17, 15) is 4.39 Å². The molecule has 0 saturated carbocycles. The summed E-state index contributed by atoms with van der Waals surface area (Å²) in [7, 11) is 1.50. The lowest BCUT2D eigenvalue weighted by atomic mass is 10.3. The largest absolute Gasteiger partial charge is 0.491 e. The van der Waals surface area contributed by atoms with Gasteiger partial charge in [0.05, 0.1) is 19.9 Å². The van der Waals surface area contributed by atoms with Crippen molar-refractivity contribution in [3.8, 4) is 5.75 Å². The summed E-state index contributed by atoms with van der Waals surface area (Å²) >= 11 is 0. The number of nitrogens with two attached hydrogens (primary N) is 1. The molecule has 0 aliphatic carbocycles. The van der Waals surface area contributed by atoms with E-state index in [0.717, 1.165) is 0 Å². The summed E-state index contributed by atoms with van der Waals surface area (Å²) < 4.78 is 17.9. The summed E-state index contributed by atoms with van der Waals surface area (Å²) in [4.78, 5) is 9.91. The summed E-state index contributed by atoms with van der Waals surface area (Å²) in [6.45, 7) is 0.971. The molecule has 0 radical (unpaired) electrons. The Morgan fingerprint density at radius 3 is 3.00 bits per heavy atom. The van der Waals surface area contributed by atoms with Crippen LogP contribution in [0.3, 0.4) is 0 Å². The molecule has 15 heavy (non-hydrogen) atoms. The molecule has 6 heteroatoms. The first kappa shape index (κ1) is 9.95. The molecule has 2 heterocycles. The van der Waals surface area contributed by atoms with E-state index in [-0.39, 0.29) is 5.82 Å². The number of methoxy groups -OCH3 is 1. The lowest BCUT2D eigenvalue weighted by Gasteiger charge is -2.15. The van der Waals surface area contributed by atoms with Gasteiger partial charge in [0.25, 0.3) is 0 Å². The maximum absolute atomic E-state index is 13.0. The van der Waals surface area contributed by atoms with Crippen LogP contribution in [0.25, 0.3) is 0 Å². The Bertz CT molecular complexity index is 360. The van der Waals surface area contributed by atoms with E-state index in [0.29, 0.717) is 31.2 Å². The monoisotopic (exact) mass is 212 g/mol. The summed E-state index contributed by atoms with van der Waals surface area (Å²) in [5.41, 5.74) is 5.64. The number of nitrogens with zero attached hydrogens (tertiary/aromatic N) is 3. The third-order valence-corrected chi connectivity index (χ3v) is 2.40.